The van der Waals surface area contributed by atoms with Gasteiger partial charge in [-0.2, -0.15) is 5.10 Å². The molecule has 3 aromatic rings. The van der Waals surface area contributed by atoms with Gasteiger partial charge in [0.05, 0.1) is 12.1 Å². The van der Waals surface area contributed by atoms with Crippen LogP contribution in [0.3, 0.4) is 0 Å². The second-order valence-corrected chi connectivity index (χ2v) is 5.92. The van der Waals surface area contributed by atoms with Gasteiger partial charge in [-0.3, -0.25) is 0 Å². The molecule has 0 aliphatic heterocycles. The summed E-state index contributed by atoms with van der Waals surface area (Å²) in [5.74, 6) is 0.567. The van der Waals surface area contributed by atoms with E-state index in [4.69, 9.17) is 11.6 Å². The average molecular weight is 329 g/mol. The molecule has 0 saturated carbocycles. The maximum Gasteiger partial charge on any atom is 0.184 e. The average Bonchev–Trinajstić information content (AvgIpc) is 2.98. The highest BCUT2D eigenvalue weighted by molar-refractivity contribution is 6.30. The molecule has 23 heavy (non-hydrogen) atoms. The molecule has 0 unspecified atom stereocenters. The zero-order valence-electron chi connectivity index (χ0n) is 12.9. The van der Waals surface area contributed by atoms with Crippen LogP contribution in [0.2, 0.25) is 5.02 Å². The first-order valence-electron chi connectivity index (χ1n) is 7.17. The van der Waals surface area contributed by atoms with Gasteiger partial charge in [0.1, 0.15) is 12.1 Å². The molecule has 5 nitrogen and oxygen atoms in total. The topological polar surface area (TPSA) is 54.2 Å². The number of phenols is 1. The highest BCUT2D eigenvalue weighted by Gasteiger charge is 2.10. The number of hydrogen-bond donors (Lipinski definition) is 1. The van der Waals surface area contributed by atoms with Gasteiger partial charge >= 0.3 is 0 Å². The molecule has 0 bridgehead atoms. The number of aromatic hydroxyl groups is 1. The number of nitrogens with zero attached hydrogens (tertiary/aromatic N) is 4. The lowest BCUT2D eigenvalue weighted by atomic mass is 10.2. The molecular formula is C17H17ClN4O. The van der Waals surface area contributed by atoms with E-state index in [0.717, 1.165) is 11.3 Å². The highest BCUT2D eigenvalue weighted by Crippen LogP contribution is 2.29. The number of aromatic nitrogens is 3. The van der Waals surface area contributed by atoms with Gasteiger partial charge in [0.2, 0.25) is 0 Å². The molecule has 0 saturated heterocycles. The number of rotatable bonds is 4. The first kappa shape index (κ1) is 15.4. The molecule has 0 radical (unpaired) electrons. The molecule has 1 aromatic heterocycles. The summed E-state index contributed by atoms with van der Waals surface area (Å²) in [6, 6.07) is 13.1. The van der Waals surface area contributed by atoms with Crippen molar-refractivity contribution in [3.05, 3.63) is 59.4 Å². The zero-order valence-corrected chi connectivity index (χ0v) is 13.7. The van der Waals surface area contributed by atoms with Crippen molar-refractivity contribution in [2.45, 2.75) is 6.54 Å². The van der Waals surface area contributed by atoms with Crippen LogP contribution >= 0.6 is 11.6 Å². The molecule has 6 heteroatoms. The minimum absolute atomic E-state index is 0.113. The van der Waals surface area contributed by atoms with Crippen molar-refractivity contribution in [2.75, 3.05) is 19.0 Å². The number of halogens is 1. The maximum atomic E-state index is 9.92. The van der Waals surface area contributed by atoms with E-state index in [-0.39, 0.29) is 5.75 Å². The normalized spacial score (nSPS) is 10.7. The van der Waals surface area contributed by atoms with Gasteiger partial charge in [-0.05, 0) is 35.9 Å². The molecular weight excluding hydrogens is 312 g/mol. The molecule has 0 fully saturated rings. The Kier molecular flexibility index (Phi) is 4.21. The third kappa shape index (κ3) is 3.46. The van der Waals surface area contributed by atoms with Crippen LogP contribution in [0, 0.1) is 0 Å². The van der Waals surface area contributed by atoms with E-state index in [0.29, 0.717) is 23.0 Å². The van der Waals surface area contributed by atoms with E-state index in [1.807, 2.05) is 14.1 Å². The predicted molar refractivity (Wildman–Crippen MR) is 92.0 cm³/mol. The fourth-order valence-corrected chi connectivity index (χ4v) is 2.44. The Morgan fingerprint density at radius 2 is 1.87 bits per heavy atom. The molecule has 2 aromatic carbocycles. The molecule has 0 amide bonds. The monoisotopic (exact) mass is 328 g/mol. The first-order chi connectivity index (χ1) is 11.0. The maximum absolute atomic E-state index is 9.92. The van der Waals surface area contributed by atoms with Crippen LogP contribution < -0.4 is 4.90 Å². The summed E-state index contributed by atoms with van der Waals surface area (Å²) in [7, 11) is 4.02. The summed E-state index contributed by atoms with van der Waals surface area (Å²) in [5.41, 5.74) is 2.80. The smallest absolute Gasteiger partial charge is 0.184 e. The van der Waals surface area contributed by atoms with E-state index in [2.05, 4.69) is 39.2 Å². The van der Waals surface area contributed by atoms with Crippen molar-refractivity contribution in [2.24, 2.45) is 0 Å². The number of hydrogen-bond acceptors (Lipinski definition) is 4. The predicted octanol–water partition coefficient (Wildman–Crippen LogP) is 3.42. The lowest BCUT2D eigenvalue weighted by molar-refractivity contribution is 0.477. The molecule has 118 valence electrons. The van der Waals surface area contributed by atoms with Crippen molar-refractivity contribution in [3.63, 3.8) is 0 Å². The van der Waals surface area contributed by atoms with Crippen LogP contribution in [-0.4, -0.2) is 34.0 Å². The molecule has 0 atom stereocenters. The van der Waals surface area contributed by atoms with E-state index in [9.17, 15) is 5.11 Å². The third-order valence-corrected chi connectivity index (χ3v) is 3.77. The van der Waals surface area contributed by atoms with Crippen molar-refractivity contribution in [1.82, 2.24) is 14.8 Å². The summed E-state index contributed by atoms with van der Waals surface area (Å²) in [4.78, 5) is 6.31. The second-order valence-electron chi connectivity index (χ2n) is 5.49. The fraction of sp³-hybridized carbons (Fsp3) is 0.176. The van der Waals surface area contributed by atoms with Gasteiger partial charge in [-0.15, -0.1) is 0 Å². The highest BCUT2D eigenvalue weighted by atomic mass is 35.5. The van der Waals surface area contributed by atoms with Crippen LogP contribution in [0.15, 0.2) is 48.8 Å². The van der Waals surface area contributed by atoms with Crippen LogP contribution in [0.5, 0.6) is 5.75 Å². The lowest BCUT2D eigenvalue weighted by Crippen LogP contribution is -2.08. The molecule has 3 rings (SSSR count). The van der Waals surface area contributed by atoms with Gasteiger partial charge in [0.25, 0.3) is 0 Å². The number of phenolic OH excluding ortho intramolecular Hbond substituents is 1. The Morgan fingerprint density at radius 1 is 1.13 bits per heavy atom. The summed E-state index contributed by atoms with van der Waals surface area (Å²) in [6.45, 7) is 0.613. The van der Waals surface area contributed by atoms with E-state index in [1.165, 1.54) is 0 Å². The van der Waals surface area contributed by atoms with Gasteiger partial charge in [-0.25, -0.2) is 9.67 Å². The second kappa shape index (κ2) is 6.30. The molecule has 1 heterocycles. The van der Waals surface area contributed by atoms with Crippen LogP contribution in [-0.2, 0) is 6.54 Å². The van der Waals surface area contributed by atoms with Gasteiger partial charge < -0.3 is 10.0 Å². The van der Waals surface area contributed by atoms with Gasteiger partial charge in [0.15, 0.2) is 5.82 Å². The summed E-state index contributed by atoms with van der Waals surface area (Å²) < 4.78 is 1.74. The SMILES string of the molecule is CN(C)c1ccc(Cn2cnc(-c3cc(Cl)ccc3O)n2)cc1. The fourth-order valence-electron chi connectivity index (χ4n) is 2.27. The van der Waals surface area contributed by atoms with E-state index in [1.54, 1.807) is 29.2 Å². The Labute approximate surface area is 139 Å². The Hall–Kier alpha value is -2.53. The number of anilines is 1. The van der Waals surface area contributed by atoms with Crippen molar-refractivity contribution in [1.29, 1.82) is 0 Å². The standard InChI is InChI=1S/C17H17ClN4O/c1-21(2)14-6-3-12(4-7-14)10-22-11-19-17(20-22)15-9-13(18)5-8-16(15)23/h3-9,11,23H,10H2,1-2H3. The Bertz CT molecular complexity index is 812. The number of benzene rings is 2. The van der Waals surface area contributed by atoms with E-state index >= 15 is 0 Å². The summed E-state index contributed by atoms with van der Waals surface area (Å²) in [6.07, 6.45) is 1.65. The van der Waals surface area contributed by atoms with Crippen molar-refractivity contribution in [3.8, 4) is 17.1 Å². The third-order valence-electron chi connectivity index (χ3n) is 3.53. The first-order valence-corrected chi connectivity index (χ1v) is 7.55. The zero-order chi connectivity index (χ0) is 16.4. The van der Waals surface area contributed by atoms with Crippen molar-refractivity contribution < 1.29 is 5.11 Å². The molecule has 1 N–H and O–H groups in total. The Morgan fingerprint density at radius 3 is 2.57 bits per heavy atom. The van der Waals surface area contributed by atoms with Gasteiger partial charge in [0, 0.05) is 24.8 Å². The van der Waals surface area contributed by atoms with Crippen LogP contribution in [0.4, 0.5) is 5.69 Å². The quantitative estimate of drug-likeness (QED) is 0.797. The molecule has 0 spiro atoms. The lowest BCUT2D eigenvalue weighted by Gasteiger charge is -2.12. The van der Waals surface area contributed by atoms with Gasteiger partial charge in [-0.1, -0.05) is 23.7 Å². The van der Waals surface area contributed by atoms with Crippen LogP contribution in [0.25, 0.3) is 11.4 Å². The largest absolute Gasteiger partial charge is 0.507 e. The van der Waals surface area contributed by atoms with E-state index < -0.39 is 0 Å². The molecule has 0 aliphatic carbocycles. The minimum atomic E-state index is 0.113. The summed E-state index contributed by atoms with van der Waals surface area (Å²) in [5, 5.41) is 14.9. The Balaban J connectivity index is 1.80. The van der Waals surface area contributed by atoms with Crippen molar-refractivity contribution >= 4 is 17.3 Å². The van der Waals surface area contributed by atoms with Crippen LogP contribution in [0.1, 0.15) is 5.56 Å². The molecule has 0 aliphatic rings. The summed E-state index contributed by atoms with van der Waals surface area (Å²) >= 11 is 5.97. The minimum Gasteiger partial charge on any atom is -0.507 e.